The van der Waals surface area contributed by atoms with E-state index in [-0.39, 0.29) is 11.8 Å². The summed E-state index contributed by atoms with van der Waals surface area (Å²) in [5.41, 5.74) is 5.60. The van der Waals surface area contributed by atoms with Crippen LogP contribution in [0, 0.1) is 0 Å². The third-order valence-electron chi connectivity index (χ3n) is 2.65. The molecule has 2 amide bonds. The summed E-state index contributed by atoms with van der Waals surface area (Å²) in [5.74, 6) is -0.445. The summed E-state index contributed by atoms with van der Waals surface area (Å²) in [6, 6.07) is -0.541. The van der Waals surface area contributed by atoms with Crippen molar-refractivity contribution >= 4 is 11.8 Å². The lowest BCUT2D eigenvalue weighted by Crippen LogP contribution is -2.52. The topological polar surface area (TPSA) is 81.9 Å². The molecular weight excluding hydrogens is 224 g/mol. The van der Waals surface area contributed by atoms with Crippen LogP contribution in [0.3, 0.4) is 0 Å². The van der Waals surface area contributed by atoms with Crippen molar-refractivity contribution in [3.63, 3.8) is 0 Å². The second-order valence-electron chi connectivity index (χ2n) is 3.99. The molecule has 1 atom stereocenters. The number of carbonyl (C=O) groups excluding carboxylic acids is 2. The van der Waals surface area contributed by atoms with Gasteiger partial charge in [0.2, 0.25) is 11.8 Å². The van der Waals surface area contributed by atoms with E-state index in [1.165, 1.54) is 4.90 Å². The average molecular weight is 244 g/mol. The maximum absolute atomic E-state index is 11.6. The van der Waals surface area contributed by atoms with E-state index in [9.17, 15) is 9.59 Å². The molecule has 1 fully saturated rings. The monoisotopic (exact) mass is 244 g/mol. The van der Waals surface area contributed by atoms with E-state index in [0.29, 0.717) is 39.2 Å². The van der Waals surface area contributed by atoms with Crippen molar-refractivity contribution in [1.82, 2.24) is 4.90 Å². The van der Waals surface area contributed by atoms with Crippen molar-refractivity contribution in [3.8, 4) is 0 Å². The van der Waals surface area contributed by atoms with E-state index in [1.807, 2.05) is 0 Å². The van der Waals surface area contributed by atoms with E-state index in [0.717, 1.165) is 6.42 Å². The number of imide groups is 1. The maximum Gasteiger partial charge on any atom is 0.246 e. The fourth-order valence-corrected chi connectivity index (χ4v) is 1.66. The molecule has 6 nitrogen and oxygen atoms in total. The predicted molar refractivity (Wildman–Crippen MR) is 61.2 cm³/mol. The van der Waals surface area contributed by atoms with Crippen molar-refractivity contribution in [2.24, 2.45) is 5.73 Å². The number of carbonyl (C=O) groups is 2. The van der Waals surface area contributed by atoms with Crippen LogP contribution in [0.2, 0.25) is 0 Å². The number of nitrogens with two attached hydrogens (primary N) is 1. The molecule has 0 aliphatic carbocycles. The number of nitrogens with zero attached hydrogens (tertiary/aromatic N) is 1. The Balaban J connectivity index is 2.20. The van der Waals surface area contributed by atoms with E-state index < -0.39 is 6.04 Å². The summed E-state index contributed by atoms with van der Waals surface area (Å²) in [6.45, 7) is 1.86. The molecule has 2 N–H and O–H groups in total. The Morgan fingerprint density at radius 2 is 2.12 bits per heavy atom. The summed E-state index contributed by atoms with van der Waals surface area (Å²) < 4.78 is 10.2. The van der Waals surface area contributed by atoms with E-state index >= 15 is 0 Å². The molecule has 0 radical (unpaired) electrons. The molecule has 0 bridgehead atoms. The number of ether oxygens (including phenoxy) is 2. The summed E-state index contributed by atoms with van der Waals surface area (Å²) in [4.78, 5) is 24.3. The first-order chi connectivity index (χ1) is 8.16. The van der Waals surface area contributed by atoms with Gasteiger partial charge in [0.05, 0.1) is 19.2 Å². The molecule has 1 saturated heterocycles. The highest BCUT2D eigenvalue weighted by Crippen LogP contribution is 2.11. The fraction of sp³-hybridized carbons (Fsp3) is 0.818. The van der Waals surface area contributed by atoms with Gasteiger partial charge in [0.1, 0.15) is 0 Å². The largest absolute Gasteiger partial charge is 0.385 e. The SMILES string of the molecule is COCCCOCCN1C(=O)CCC(N)C1=O. The highest BCUT2D eigenvalue weighted by molar-refractivity contribution is 6.00. The molecule has 1 aliphatic rings. The Morgan fingerprint density at radius 1 is 1.35 bits per heavy atom. The van der Waals surface area contributed by atoms with Gasteiger partial charge < -0.3 is 15.2 Å². The Bertz CT molecular complexity index is 270. The van der Waals surface area contributed by atoms with Crippen LogP contribution in [-0.2, 0) is 19.1 Å². The Kier molecular flexibility index (Phi) is 6.10. The van der Waals surface area contributed by atoms with Crippen LogP contribution >= 0.6 is 0 Å². The van der Waals surface area contributed by atoms with Gasteiger partial charge in [-0.1, -0.05) is 0 Å². The number of hydrogen-bond donors (Lipinski definition) is 1. The lowest BCUT2D eigenvalue weighted by atomic mass is 10.1. The zero-order valence-corrected chi connectivity index (χ0v) is 10.2. The molecule has 17 heavy (non-hydrogen) atoms. The van der Waals surface area contributed by atoms with Crippen molar-refractivity contribution in [1.29, 1.82) is 0 Å². The molecule has 0 aromatic carbocycles. The van der Waals surface area contributed by atoms with Gasteiger partial charge in [0.25, 0.3) is 0 Å². The number of likely N-dealkylation sites (tertiary alicyclic amines) is 1. The lowest BCUT2D eigenvalue weighted by molar-refractivity contribution is -0.150. The fourth-order valence-electron chi connectivity index (χ4n) is 1.66. The van der Waals surface area contributed by atoms with Gasteiger partial charge >= 0.3 is 0 Å². The van der Waals surface area contributed by atoms with Gasteiger partial charge in [-0.25, -0.2) is 0 Å². The van der Waals surface area contributed by atoms with Crippen LogP contribution in [0.5, 0.6) is 0 Å². The summed E-state index contributed by atoms with van der Waals surface area (Å²) in [6.07, 6.45) is 1.59. The smallest absolute Gasteiger partial charge is 0.246 e. The van der Waals surface area contributed by atoms with Gasteiger partial charge in [-0.05, 0) is 12.8 Å². The molecule has 0 aromatic rings. The van der Waals surface area contributed by atoms with Crippen LogP contribution in [-0.4, -0.2) is 56.2 Å². The number of hydrogen-bond acceptors (Lipinski definition) is 5. The number of rotatable bonds is 7. The first kappa shape index (κ1) is 14.1. The van der Waals surface area contributed by atoms with Gasteiger partial charge in [-0.3, -0.25) is 14.5 Å². The Morgan fingerprint density at radius 3 is 2.82 bits per heavy atom. The highest BCUT2D eigenvalue weighted by Gasteiger charge is 2.31. The molecule has 1 heterocycles. The summed E-state index contributed by atoms with van der Waals surface area (Å²) in [7, 11) is 1.63. The zero-order chi connectivity index (χ0) is 12.7. The van der Waals surface area contributed by atoms with Crippen molar-refractivity contribution in [2.45, 2.75) is 25.3 Å². The van der Waals surface area contributed by atoms with Gasteiger partial charge in [0.15, 0.2) is 0 Å². The third-order valence-corrected chi connectivity index (χ3v) is 2.65. The molecule has 6 heteroatoms. The molecule has 1 rings (SSSR count). The minimum absolute atomic E-state index is 0.155. The van der Waals surface area contributed by atoms with Crippen molar-refractivity contribution in [3.05, 3.63) is 0 Å². The summed E-state index contributed by atoms with van der Waals surface area (Å²) >= 11 is 0. The summed E-state index contributed by atoms with van der Waals surface area (Å²) in [5, 5.41) is 0. The molecule has 1 aliphatic heterocycles. The molecular formula is C11H20N2O4. The van der Waals surface area contributed by atoms with Crippen LogP contribution in [0.4, 0.5) is 0 Å². The predicted octanol–water partition coefficient (Wildman–Crippen LogP) is -0.484. The van der Waals surface area contributed by atoms with Gasteiger partial charge in [-0.2, -0.15) is 0 Å². The second-order valence-corrected chi connectivity index (χ2v) is 3.99. The van der Waals surface area contributed by atoms with Crippen LogP contribution in [0.1, 0.15) is 19.3 Å². The van der Waals surface area contributed by atoms with Crippen LogP contribution < -0.4 is 5.73 Å². The van der Waals surface area contributed by atoms with Crippen molar-refractivity contribution < 1.29 is 19.1 Å². The molecule has 98 valence electrons. The third kappa shape index (κ3) is 4.41. The van der Waals surface area contributed by atoms with Crippen LogP contribution in [0.15, 0.2) is 0 Å². The number of piperidine rings is 1. The Labute approximate surface area is 101 Å². The quantitative estimate of drug-likeness (QED) is 0.483. The molecule has 0 saturated carbocycles. The Hall–Kier alpha value is -0.980. The lowest BCUT2D eigenvalue weighted by Gasteiger charge is -2.28. The average Bonchev–Trinajstić information content (AvgIpc) is 2.32. The minimum Gasteiger partial charge on any atom is -0.385 e. The van der Waals surface area contributed by atoms with Crippen molar-refractivity contribution in [2.75, 3.05) is 33.5 Å². The maximum atomic E-state index is 11.6. The highest BCUT2D eigenvalue weighted by atomic mass is 16.5. The molecule has 0 spiro atoms. The minimum atomic E-state index is -0.541. The number of methoxy groups -OCH3 is 1. The van der Waals surface area contributed by atoms with E-state index in [4.69, 9.17) is 15.2 Å². The van der Waals surface area contributed by atoms with E-state index in [1.54, 1.807) is 7.11 Å². The van der Waals surface area contributed by atoms with Crippen LogP contribution in [0.25, 0.3) is 0 Å². The zero-order valence-electron chi connectivity index (χ0n) is 10.2. The first-order valence-corrected chi connectivity index (χ1v) is 5.83. The normalized spacial score (nSPS) is 21.1. The standard InChI is InChI=1S/C11H20N2O4/c1-16-6-2-7-17-8-5-13-10(14)4-3-9(12)11(13)15/h9H,2-8,12H2,1H3. The first-order valence-electron chi connectivity index (χ1n) is 5.83. The molecule has 0 aromatic heterocycles. The van der Waals surface area contributed by atoms with E-state index in [2.05, 4.69) is 0 Å². The number of amides is 2. The molecule has 1 unspecified atom stereocenters. The second kappa shape index (κ2) is 7.37. The van der Waals surface area contributed by atoms with Gasteiger partial charge in [0, 0.05) is 26.7 Å². The van der Waals surface area contributed by atoms with Gasteiger partial charge in [-0.15, -0.1) is 0 Å².